The molecule has 1 saturated heterocycles. The number of pyridine rings is 2. The van der Waals surface area contributed by atoms with E-state index in [9.17, 15) is 14.0 Å². The molecule has 0 spiro atoms. The van der Waals surface area contributed by atoms with E-state index in [1.165, 1.54) is 13.1 Å². The average Bonchev–Trinajstić information content (AvgIpc) is 2.74. The molecule has 9 heteroatoms. The third kappa shape index (κ3) is 5.26. The van der Waals surface area contributed by atoms with Gasteiger partial charge in [-0.1, -0.05) is 6.92 Å². The summed E-state index contributed by atoms with van der Waals surface area (Å²) in [7, 11) is 1.48. The van der Waals surface area contributed by atoms with Crippen LogP contribution in [-0.4, -0.2) is 59.9 Å². The summed E-state index contributed by atoms with van der Waals surface area (Å²) in [6.07, 6.45) is 2.09. The predicted octanol–water partition coefficient (Wildman–Crippen LogP) is 1.65. The van der Waals surface area contributed by atoms with Gasteiger partial charge in [0.2, 0.25) is 11.9 Å². The van der Waals surface area contributed by atoms with E-state index in [-0.39, 0.29) is 11.6 Å². The predicted molar refractivity (Wildman–Crippen MR) is 108 cm³/mol. The second kappa shape index (κ2) is 9.42. The molecule has 1 aliphatic heterocycles. The smallest absolute Gasteiger partial charge is 0.269 e. The van der Waals surface area contributed by atoms with Gasteiger partial charge in [0.15, 0.2) is 0 Å². The normalized spacial score (nSPS) is 14.5. The van der Waals surface area contributed by atoms with Gasteiger partial charge in [-0.05, 0) is 29.8 Å². The molecule has 2 amide bonds. The molecule has 0 radical (unpaired) electrons. The van der Waals surface area contributed by atoms with Gasteiger partial charge in [0.25, 0.3) is 5.91 Å². The molecule has 0 aromatic carbocycles. The van der Waals surface area contributed by atoms with Crippen LogP contribution in [0, 0.1) is 5.95 Å². The molecule has 0 atom stereocenters. The fourth-order valence-corrected chi connectivity index (χ4v) is 3.19. The third-order valence-electron chi connectivity index (χ3n) is 4.82. The van der Waals surface area contributed by atoms with Crippen LogP contribution in [0.25, 0.3) is 0 Å². The maximum absolute atomic E-state index is 14.4. The maximum Gasteiger partial charge on any atom is 0.269 e. The molecule has 0 saturated carbocycles. The van der Waals surface area contributed by atoms with Gasteiger partial charge in [0.1, 0.15) is 11.5 Å². The molecule has 0 unspecified atom stereocenters. The minimum absolute atomic E-state index is 0.0658. The largest absolute Gasteiger partial charge is 0.365 e. The van der Waals surface area contributed by atoms with Crippen molar-refractivity contribution in [3.8, 4) is 0 Å². The van der Waals surface area contributed by atoms with E-state index in [0.717, 1.165) is 25.2 Å². The zero-order valence-electron chi connectivity index (χ0n) is 16.6. The number of rotatable bonds is 6. The lowest BCUT2D eigenvalue weighted by Crippen LogP contribution is -2.46. The van der Waals surface area contributed by atoms with E-state index in [4.69, 9.17) is 0 Å². The van der Waals surface area contributed by atoms with E-state index in [1.54, 1.807) is 19.2 Å². The van der Waals surface area contributed by atoms with Gasteiger partial charge >= 0.3 is 0 Å². The molecule has 2 N–H and O–H groups in total. The topological polar surface area (TPSA) is 90.5 Å². The van der Waals surface area contributed by atoms with E-state index in [2.05, 4.69) is 25.5 Å². The molecule has 3 rings (SSSR count). The third-order valence-corrected chi connectivity index (χ3v) is 4.82. The highest BCUT2D eigenvalue weighted by molar-refractivity contribution is 5.92. The van der Waals surface area contributed by atoms with Crippen LogP contribution in [0.3, 0.4) is 0 Å². The summed E-state index contributed by atoms with van der Waals surface area (Å²) in [5, 5.41) is 5.20. The second-order valence-electron chi connectivity index (χ2n) is 6.80. The van der Waals surface area contributed by atoms with Crippen molar-refractivity contribution in [2.75, 3.05) is 43.4 Å². The number of amides is 2. The zero-order chi connectivity index (χ0) is 20.8. The first-order valence-corrected chi connectivity index (χ1v) is 9.61. The van der Waals surface area contributed by atoms with Crippen molar-refractivity contribution in [3.63, 3.8) is 0 Å². The number of nitrogens with zero attached hydrogens (tertiary/aromatic N) is 4. The molecule has 0 aliphatic carbocycles. The van der Waals surface area contributed by atoms with Crippen molar-refractivity contribution >= 4 is 23.3 Å². The Morgan fingerprint density at radius 1 is 1.17 bits per heavy atom. The fourth-order valence-electron chi connectivity index (χ4n) is 3.19. The summed E-state index contributed by atoms with van der Waals surface area (Å²) >= 11 is 0. The minimum atomic E-state index is -0.634. The molecule has 154 valence electrons. The Labute approximate surface area is 169 Å². The van der Waals surface area contributed by atoms with Gasteiger partial charge in [-0.2, -0.15) is 4.39 Å². The molecular formula is C20H25FN6O2. The summed E-state index contributed by atoms with van der Waals surface area (Å²) in [5.41, 5.74) is 1.53. The molecule has 8 nitrogen and oxygen atoms in total. The second-order valence-corrected chi connectivity index (χ2v) is 6.80. The number of piperazine rings is 1. The van der Waals surface area contributed by atoms with Crippen LogP contribution < -0.4 is 15.5 Å². The van der Waals surface area contributed by atoms with Crippen molar-refractivity contribution < 1.29 is 14.0 Å². The number of nitrogens with one attached hydrogen (secondary N) is 2. The minimum Gasteiger partial charge on any atom is -0.365 e. The SMILES string of the molecule is CCC(=O)Nc1cc(CN2CCN(c3ccc(C(=O)NC)nc3F)CC2)ccn1. The van der Waals surface area contributed by atoms with Crippen molar-refractivity contribution in [1.82, 2.24) is 20.2 Å². The van der Waals surface area contributed by atoms with E-state index in [1.807, 2.05) is 17.0 Å². The lowest BCUT2D eigenvalue weighted by atomic mass is 10.2. The van der Waals surface area contributed by atoms with Crippen LogP contribution in [0.15, 0.2) is 30.5 Å². The molecule has 0 bridgehead atoms. The Morgan fingerprint density at radius 2 is 1.93 bits per heavy atom. The van der Waals surface area contributed by atoms with Crippen molar-refractivity contribution in [2.45, 2.75) is 19.9 Å². The Bertz CT molecular complexity index is 883. The monoisotopic (exact) mass is 400 g/mol. The van der Waals surface area contributed by atoms with Crippen LogP contribution in [0.1, 0.15) is 29.4 Å². The van der Waals surface area contributed by atoms with Crippen LogP contribution in [0.4, 0.5) is 15.9 Å². The molecule has 2 aromatic heterocycles. The maximum atomic E-state index is 14.4. The molecule has 1 fully saturated rings. The Kier molecular flexibility index (Phi) is 6.71. The highest BCUT2D eigenvalue weighted by Crippen LogP contribution is 2.21. The van der Waals surface area contributed by atoms with Crippen LogP contribution >= 0.6 is 0 Å². The number of carbonyl (C=O) groups is 2. The fraction of sp³-hybridized carbons (Fsp3) is 0.400. The number of aromatic nitrogens is 2. The molecule has 2 aromatic rings. The lowest BCUT2D eigenvalue weighted by molar-refractivity contribution is -0.115. The summed E-state index contributed by atoms with van der Waals surface area (Å²) in [4.78, 5) is 35.3. The van der Waals surface area contributed by atoms with Gasteiger partial charge < -0.3 is 15.5 Å². The first-order chi connectivity index (χ1) is 14.0. The highest BCUT2D eigenvalue weighted by Gasteiger charge is 2.21. The van der Waals surface area contributed by atoms with Gasteiger partial charge in [-0.15, -0.1) is 0 Å². The summed E-state index contributed by atoms with van der Waals surface area (Å²) in [5.74, 6) is -0.559. The summed E-state index contributed by atoms with van der Waals surface area (Å²) < 4.78 is 14.4. The summed E-state index contributed by atoms with van der Waals surface area (Å²) in [6, 6.07) is 6.94. The Morgan fingerprint density at radius 3 is 2.59 bits per heavy atom. The van der Waals surface area contributed by atoms with Gasteiger partial charge in [-0.25, -0.2) is 9.97 Å². The molecular weight excluding hydrogens is 375 g/mol. The number of carbonyl (C=O) groups excluding carboxylic acids is 2. The number of hydrogen-bond acceptors (Lipinski definition) is 6. The Hall–Kier alpha value is -3.07. The standard InChI is InChI=1S/C20H25FN6O2/c1-3-18(28)25-17-12-14(6-7-23-17)13-26-8-10-27(11-9-26)16-5-4-15(20(29)22-2)24-19(16)21/h4-7,12H,3,8-11,13H2,1-2H3,(H,22,29)(H,23,25,28). The van der Waals surface area contributed by atoms with Gasteiger partial charge in [0.05, 0.1) is 5.69 Å². The van der Waals surface area contributed by atoms with Crippen LogP contribution in [-0.2, 0) is 11.3 Å². The van der Waals surface area contributed by atoms with Gasteiger partial charge in [0, 0.05) is 52.4 Å². The van der Waals surface area contributed by atoms with E-state index in [0.29, 0.717) is 31.0 Å². The van der Waals surface area contributed by atoms with Crippen molar-refractivity contribution in [1.29, 1.82) is 0 Å². The lowest BCUT2D eigenvalue weighted by Gasteiger charge is -2.36. The molecule has 1 aliphatic rings. The quantitative estimate of drug-likeness (QED) is 0.717. The van der Waals surface area contributed by atoms with Crippen LogP contribution in [0.2, 0.25) is 0 Å². The summed E-state index contributed by atoms with van der Waals surface area (Å²) in [6.45, 7) is 5.35. The van der Waals surface area contributed by atoms with Crippen LogP contribution in [0.5, 0.6) is 0 Å². The van der Waals surface area contributed by atoms with Gasteiger partial charge in [-0.3, -0.25) is 14.5 Å². The van der Waals surface area contributed by atoms with Crippen molar-refractivity contribution in [2.24, 2.45) is 0 Å². The number of hydrogen-bond donors (Lipinski definition) is 2. The first kappa shape index (κ1) is 20.7. The highest BCUT2D eigenvalue weighted by atomic mass is 19.1. The zero-order valence-corrected chi connectivity index (χ0v) is 16.6. The first-order valence-electron chi connectivity index (χ1n) is 9.61. The average molecular weight is 400 g/mol. The van der Waals surface area contributed by atoms with Crippen molar-refractivity contribution in [3.05, 3.63) is 47.7 Å². The van der Waals surface area contributed by atoms with E-state index >= 15 is 0 Å². The number of anilines is 2. The molecule has 3 heterocycles. The number of halogens is 1. The molecule has 29 heavy (non-hydrogen) atoms. The van der Waals surface area contributed by atoms with E-state index < -0.39 is 11.9 Å². The Balaban J connectivity index is 1.58.